The third kappa shape index (κ3) is 2.26. The Balaban J connectivity index is 2.15. The summed E-state index contributed by atoms with van der Waals surface area (Å²) < 4.78 is 0. The Morgan fingerprint density at radius 2 is 2.33 bits per heavy atom. The fraction of sp³-hybridized carbons (Fsp3) is 0. The first kappa shape index (κ1) is 9.53. The average molecular weight is 221 g/mol. The number of nitrogens with two attached hydrogens (primary N) is 1. The van der Waals surface area contributed by atoms with Crippen LogP contribution in [0.15, 0.2) is 24.0 Å². The Kier molecular flexibility index (Phi) is 2.55. The van der Waals surface area contributed by atoms with E-state index in [0.29, 0.717) is 5.13 Å². The van der Waals surface area contributed by atoms with E-state index >= 15 is 0 Å². The van der Waals surface area contributed by atoms with E-state index in [-0.39, 0.29) is 17.4 Å². The first-order valence-corrected chi connectivity index (χ1v) is 4.92. The normalized spacial score (nSPS) is 9.87. The summed E-state index contributed by atoms with van der Waals surface area (Å²) in [7, 11) is 0. The van der Waals surface area contributed by atoms with Crippen molar-refractivity contribution >= 4 is 28.2 Å². The third-order valence-corrected chi connectivity index (χ3v) is 2.23. The van der Waals surface area contributed by atoms with E-state index in [1.807, 2.05) is 0 Å². The van der Waals surface area contributed by atoms with Gasteiger partial charge in [0.25, 0.3) is 5.91 Å². The van der Waals surface area contributed by atoms with Gasteiger partial charge in [0, 0.05) is 11.6 Å². The maximum absolute atomic E-state index is 11.6. The Morgan fingerprint density at radius 1 is 1.47 bits per heavy atom. The van der Waals surface area contributed by atoms with Gasteiger partial charge in [-0.15, -0.1) is 11.3 Å². The highest BCUT2D eigenvalue weighted by Crippen LogP contribution is 2.11. The molecule has 0 atom stereocenters. The van der Waals surface area contributed by atoms with Crippen LogP contribution in [0.3, 0.4) is 0 Å². The zero-order chi connectivity index (χ0) is 10.7. The summed E-state index contributed by atoms with van der Waals surface area (Å²) in [5, 5.41) is 4.86. The largest absolute Gasteiger partial charge is 0.382 e. The van der Waals surface area contributed by atoms with Crippen LogP contribution < -0.4 is 11.1 Å². The van der Waals surface area contributed by atoms with Crippen molar-refractivity contribution in [2.45, 2.75) is 0 Å². The van der Waals surface area contributed by atoms with Crippen molar-refractivity contribution < 1.29 is 4.79 Å². The monoisotopic (exact) mass is 221 g/mol. The molecule has 0 unspecified atom stereocenters. The van der Waals surface area contributed by atoms with E-state index in [2.05, 4.69) is 20.3 Å². The molecule has 0 aliphatic rings. The van der Waals surface area contributed by atoms with Gasteiger partial charge in [-0.2, -0.15) is 0 Å². The van der Waals surface area contributed by atoms with Gasteiger partial charge in [-0.25, -0.2) is 9.97 Å². The van der Waals surface area contributed by atoms with E-state index in [4.69, 9.17) is 5.73 Å². The van der Waals surface area contributed by atoms with Crippen LogP contribution in [0.25, 0.3) is 0 Å². The number of thiazole rings is 1. The van der Waals surface area contributed by atoms with E-state index in [0.717, 1.165) is 0 Å². The standard InChI is InChI=1S/C8H7N5OS/c9-6-4-10-3-5(12-6)7(14)13-8-11-1-2-15-8/h1-4H,(H2,9,12)(H,11,13,14). The molecule has 2 heterocycles. The van der Waals surface area contributed by atoms with Crippen LogP contribution >= 0.6 is 11.3 Å². The molecular weight excluding hydrogens is 214 g/mol. The first-order valence-electron chi connectivity index (χ1n) is 4.04. The molecule has 7 heteroatoms. The second kappa shape index (κ2) is 4.01. The third-order valence-electron chi connectivity index (χ3n) is 1.54. The maximum Gasteiger partial charge on any atom is 0.277 e. The van der Waals surface area contributed by atoms with Gasteiger partial charge < -0.3 is 5.73 Å². The molecule has 0 aliphatic heterocycles. The van der Waals surface area contributed by atoms with Crippen LogP contribution in [-0.4, -0.2) is 20.9 Å². The molecule has 15 heavy (non-hydrogen) atoms. The quantitative estimate of drug-likeness (QED) is 0.781. The van der Waals surface area contributed by atoms with Crippen molar-refractivity contribution in [2.75, 3.05) is 11.1 Å². The van der Waals surface area contributed by atoms with Crippen LogP contribution in [0.5, 0.6) is 0 Å². The molecule has 2 rings (SSSR count). The highest BCUT2D eigenvalue weighted by atomic mass is 32.1. The molecule has 0 aliphatic carbocycles. The molecule has 2 aromatic rings. The Bertz CT molecular complexity index is 470. The molecular formula is C8H7N5OS. The predicted octanol–water partition coefficient (Wildman–Crippen LogP) is 0.768. The zero-order valence-electron chi connectivity index (χ0n) is 7.54. The van der Waals surface area contributed by atoms with Gasteiger partial charge in [0.2, 0.25) is 0 Å². The van der Waals surface area contributed by atoms with Crippen molar-refractivity contribution in [1.29, 1.82) is 0 Å². The summed E-state index contributed by atoms with van der Waals surface area (Å²) >= 11 is 1.33. The summed E-state index contributed by atoms with van der Waals surface area (Å²) in [4.78, 5) is 23.1. The van der Waals surface area contributed by atoms with E-state index in [9.17, 15) is 4.79 Å². The molecule has 0 spiro atoms. The molecule has 0 saturated heterocycles. The molecule has 2 aromatic heterocycles. The summed E-state index contributed by atoms with van der Waals surface area (Å²) in [6.07, 6.45) is 4.32. The second-order valence-corrected chi connectivity index (χ2v) is 3.52. The minimum atomic E-state index is -0.371. The van der Waals surface area contributed by atoms with Crippen molar-refractivity contribution in [3.8, 4) is 0 Å². The van der Waals surface area contributed by atoms with Gasteiger partial charge in [0.15, 0.2) is 5.13 Å². The van der Waals surface area contributed by atoms with E-state index in [1.165, 1.54) is 23.7 Å². The van der Waals surface area contributed by atoms with Crippen LogP contribution in [0.4, 0.5) is 10.9 Å². The topological polar surface area (TPSA) is 93.8 Å². The highest BCUT2D eigenvalue weighted by Gasteiger charge is 2.09. The van der Waals surface area contributed by atoms with Gasteiger partial charge in [-0.3, -0.25) is 15.1 Å². The van der Waals surface area contributed by atoms with E-state index < -0.39 is 0 Å². The van der Waals surface area contributed by atoms with Crippen LogP contribution in [0.2, 0.25) is 0 Å². The number of carbonyl (C=O) groups is 1. The predicted molar refractivity (Wildman–Crippen MR) is 56.5 cm³/mol. The number of nitrogens with zero attached hydrogens (tertiary/aromatic N) is 3. The molecule has 0 radical (unpaired) electrons. The highest BCUT2D eigenvalue weighted by molar-refractivity contribution is 7.13. The molecule has 6 nitrogen and oxygen atoms in total. The van der Waals surface area contributed by atoms with Gasteiger partial charge >= 0.3 is 0 Å². The van der Waals surface area contributed by atoms with Crippen LogP contribution in [0.1, 0.15) is 10.5 Å². The summed E-state index contributed by atoms with van der Waals surface area (Å²) in [6.45, 7) is 0. The SMILES string of the molecule is Nc1cncc(C(=O)Nc2nccs2)n1. The average Bonchev–Trinajstić information content (AvgIpc) is 2.70. The van der Waals surface area contributed by atoms with Crippen molar-refractivity contribution in [3.05, 3.63) is 29.7 Å². The number of nitrogen functional groups attached to an aromatic ring is 1. The fourth-order valence-electron chi connectivity index (χ4n) is 0.937. The van der Waals surface area contributed by atoms with Crippen molar-refractivity contribution in [1.82, 2.24) is 15.0 Å². The smallest absolute Gasteiger partial charge is 0.277 e. The number of hydrogen-bond donors (Lipinski definition) is 2. The van der Waals surface area contributed by atoms with Gasteiger partial charge in [0.05, 0.1) is 12.4 Å². The Labute approximate surface area is 89.2 Å². The molecule has 76 valence electrons. The van der Waals surface area contributed by atoms with Crippen LogP contribution in [0, 0.1) is 0 Å². The molecule has 0 aromatic carbocycles. The Morgan fingerprint density at radius 3 is 3.00 bits per heavy atom. The Hall–Kier alpha value is -2.02. The lowest BCUT2D eigenvalue weighted by Crippen LogP contribution is -2.14. The minimum absolute atomic E-state index is 0.171. The number of aromatic nitrogens is 3. The maximum atomic E-state index is 11.6. The van der Waals surface area contributed by atoms with Crippen molar-refractivity contribution in [2.24, 2.45) is 0 Å². The number of nitrogens with one attached hydrogen (secondary N) is 1. The second-order valence-electron chi connectivity index (χ2n) is 2.62. The zero-order valence-corrected chi connectivity index (χ0v) is 8.36. The van der Waals surface area contributed by atoms with Gasteiger partial charge in [0.1, 0.15) is 11.5 Å². The summed E-state index contributed by atoms with van der Waals surface area (Å²) in [6, 6.07) is 0. The molecule has 0 saturated carbocycles. The molecule has 0 fully saturated rings. The molecule has 0 bridgehead atoms. The van der Waals surface area contributed by atoms with Crippen LogP contribution in [-0.2, 0) is 0 Å². The molecule has 3 N–H and O–H groups in total. The first-order chi connectivity index (χ1) is 7.25. The van der Waals surface area contributed by atoms with Gasteiger partial charge in [-0.1, -0.05) is 0 Å². The molecule has 1 amide bonds. The lowest BCUT2D eigenvalue weighted by Gasteiger charge is -2.00. The lowest BCUT2D eigenvalue weighted by molar-refractivity contribution is 0.102. The fourth-order valence-corrected chi connectivity index (χ4v) is 1.46. The lowest BCUT2D eigenvalue weighted by atomic mass is 10.4. The van der Waals surface area contributed by atoms with Crippen molar-refractivity contribution in [3.63, 3.8) is 0 Å². The number of rotatable bonds is 2. The number of amides is 1. The number of carbonyl (C=O) groups excluding carboxylic acids is 1. The van der Waals surface area contributed by atoms with Gasteiger partial charge in [-0.05, 0) is 0 Å². The summed E-state index contributed by atoms with van der Waals surface area (Å²) in [5.74, 6) is -0.161. The number of hydrogen-bond acceptors (Lipinski definition) is 6. The van der Waals surface area contributed by atoms with E-state index in [1.54, 1.807) is 11.6 Å². The minimum Gasteiger partial charge on any atom is -0.382 e. The summed E-state index contributed by atoms with van der Waals surface area (Å²) in [5.41, 5.74) is 5.57. The number of anilines is 2.